The summed E-state index contributed by atoms with van der Waals surface area (Å²) < 4.78 is 5.03. The highest BCUT2D eigenvalue weighted by atomic mass is 35.7. The second kappa shape index (κ2) is 14.2. The van der Waals surface area contributed by atoms with E-state index in [-0.39, 0.29) is 11.5 Å². The third kappa shape index (κ3) is 11.0. The number of rotatable bonds is 13. The van der Waals surface area contributed by atoms with Crippen LogP contribution in [0.2, 0.25) is 5.54 Å². The Morgan fingerprint density at radius 3 is 1.90 bits per heavy atom. The summed E-state index contributed by atoms with van der Waals surface area (Å²) >= 11 is 12.0. The molecule has 0 bridgehead atoms. The second-order valence-electron chi connectivity index (χ2n) is 5.31. The molecule has 20 heavy (non-hydrogen) atoms. The van der Waals surface area contributed by atoms with Crippen molar-refractivity contribution in [1.82, 2.24) is 0 Å². The van der Waals surface area contributed by atoms with E-state index in [1.807, 2.05) is 6.92 Å². The van der Waals surface area contributed by atoms with Gasteiger partial charge >= 0.3 is 5.97 Å². The molecule has 0 aliphatic rings. The van der Waals surface area contributed by atoms with E-state index in [4.69, 9.17) is 26.9 Å². The Labute approximate surface area is 135 Å². The Bertz CT molecular complexity index is 238. The third-order valence-corrected chi connectivity index (χ3v) is 6.55. The average molecular weight is 341 g/mol. The molecule has 0 fully saturated rings. The van der Waals surface area contributed by atoms with Gasteiger partial charge in [-0.3, -0.25) is 4.79 Å². The first-order valence-electron chi connectivity index (χ1n) is 8.08. The lowest BCUT2D eigenvalue weighted by Crippen LogP contribution is -2.20. The summed E-state index contributed by atoms with van der Waals surface area (Å²) in [7, 11) is -1.98. The van der Waals surface area contributed by atoms with Crippen molar-refractivity contribution in [1.29, 1.82) is 0 Å². The lowest BCUT2D eigenvalue weighted by molar-refractivity contribution is -0.143. The number of halogens is 2. The Kier molecular flexibility index (Phi) is 14.4. The largest absolute Gasteiger partial charge is 0.466 e. The lowest BCUT2D eigenvalue weighted by Gasteiger charge is -2.14. The van der Waals surface area contributed by atoms with Gasteiger partial charge in [-0.25, -0.2) is 0 Å². The highest BCUT2D eigenvalue weighted by Crippen LogP contribution is 2.26. The molecule has 0 spiro atoms. The number of carbonyl (C=O) groups excluding carboxylic acids is 1. The van der Waals surface area contributed by atoms with Gasteiger partial charge in [0.05, 0.1) is 12.1 Å². The van der Waals surface area contributed by atoms with E-state index in [2.05, 4.69) is 6.92 Å². The van der Waals surface area contributed by atoms with Crippen molar-refractivity contribution in [2.45, 2.75) is 83.6 Å². The first kappa shape index (κ1) is 20.3. The molecule has 2 nitrogen and oxygen atoms in total. The fourth-order valence-electron chi connectivity index (χ4n) is 2.27. The molecule has 120 valence electrons. The van der Waals surface area contributed by atoms with E-state index < -0.39 is 7.42 Å². The van der Waals surface area contributed by atoms with E-state index in [0.717, 1.165) is 12.8 Å². The predicted octanol–water partition coefficient (Wildman–Crippen LogP) is 5.54. The molecule has 0 heterocycles. The minimum absolute atomic E-state index is 0.200. The zero-order valence-corrected chi connectivity index (χ0v) is 15.7. The van der Waals surface area contributed by atoms with Crippen LogP contribution in [-0.4, -0.2) is 20.0 Å². The summed E-state index contributed by atoms with van der Waals surface area (Å²) in [5.41, 5.74) is -0.233. The van der Waals surface area contributed by atoms with Gasteiger partial charge in [0.2, 0.25) is 0 Å². The van der Waals surface area contributed by atoms with Crippen LogP contribution in [0, 0.1) is 0 Å². The van der Waals surface area contributed by atoms with Crippen molar-refractivity contribution in [2.24, 2.45) is 0 Å². The van der Waals surface area contributed by atoms with Crippen LogP contribution in [-0.2, 0) is 9.53 Å². The number of carbonyl (C=O) groups is 1. The third-order valence-electron chi connectivity index (χ3n) is 3.51. The van der Waals surface area contributed by atoms with Gasteiger partial charge in [-0.05, 0) is 13.3 Å². The normalized spacial score (nSPS) is 12.7. The van der Waals surface area contributed by atoms with E-state index in [1.165, 1.54) is 51.4 Å². The molecule has 0 aliphatic carbocycles. The Morgan fingerprint density at radius 1 is 0.950 bits per heavy atom. The van der Waals surface area contributed by atoms with Gasteiger partial charge in [-0.1, -0.05) is 64.7 Å². The van der Waals surface area contributed by atoms with Gasteiger partial charge in [0.1, 0.15) is 0 Å². The summed E-state index contributed by atoms with van der Waals surface area (Å²) in [5, 5.41) is 0. The maximum Gasteiger partial charge on any atom is 0.308 e. The van der Waals surface area contributed by atoms with Crippen LogP contribution in [0.3, 0.4) is 0 Å². The Balaban J connectivity index is 3.57. The molecule has 0 amide bonds. The topological polar surface area (TPSA) is 26.3 Å². The molecule has 1 unspecified atom stereocenters. The molecule has 0 aromatic rings. The molecular formula is C15H30Cl2O2Si. The number of ether oxygens (including phenoxy) is 1. The monoisotopic (exact) mass is 340 g/mol. The summed E-state index contributed by atoms with van der Waals surface area (Å²) in [4.78, 5) is 11.7. The van der Waals surface area contributed by atoms with Gasteiger partial charge in [-0.2, -0.15) is 0 Å². The molecule has 0 saturated heterocycles. The van der Waals surface area contributed by atoms with Crippen molar-refractivity contribution >= 4 is 35.5 Å². The van der Waals surface area contributed by atoms with E-state index in [0.29, 0.717) is 6.61 Å². The quantitative estimate of drug-likeness (QED) is 0.190. The maximum atomic E-state index is 11.7. The maximum absolute atomic E-state index is 11.7. The Morgan fingerprint density at radius 2 is 1.45 bits per heavy atom. The molecule has 0 aromatic carbocycles. The molecule has 5 heteroatoms. The first-order valence-corrected chi connectivity index (χ1v) is 12.2. The number of hydrogen-bond donors (Lipinski definition) is 0. The summed E-state index contributed by atoms with van der Waals surface area (Å²) in [6.07, 6.45) is 12.3. The van der Waals surface area contributed by atoms with Crippen molar-refractivity contribution in [2.75, 3.05) is 6.61 Å². The van der Waals surface area contributed by atoms with Crippen LogP contribution >= 0.6 is 22.2 Å². The van der Waals surface area contributed by atoms with Gasteiger partial charge in [0.15, 0.2) is 0 Å². The molecule has 1 atom stereocenters. The van der Waals surface area contributed by atoms with Gasteiger partial charge in [0, 0.05) is 0 Å². The van der Waals surface area contributed by atoms with E-state index in [9.17, 15) is 4.79 Å². The Hall–Kier alpha value is 0.267. The summed E-state index contributed by atoms with van der Waals surface area (Å²) in [5.74, 6) is -0.200. The van der Waals surface area contributed by atoms with E-state index in [1.54, 1.807) is 0 Å². The van der Waals surface area contributed by atoms with Crippen LogP contribution < -0.4 is 0 Å². The van der Waals surface area contributed by atoms with Crippen LogP contribution in [0.5, 0.6) is 0 Å². The molecule has 0 N–H and O–H groups in total. The number of unbranched alkanes of at least 4 members (excludes halogenated alkanes) is 8. The van der Waals surface area contributed by atoms with Crippen LogP contribution in [0.1, 0.15) is 78.1 Å². The molecule has 0 radical (unpaired) electrons. The fraction of sp³-hybridized carbons (Fsp3) is 0.933. The minimum atomic E-state index is -1.98. The molecule has 0 aliphatic heterocycles. The van der Waals surface area contributed by atoms with Crippen LogP contribution in [0.4, 0.5) is 0 Å². The minimum Gasteiger partial charge on any atom is -0.466 e. The van der Waals surface area contributed by atoms with Gasteiger partial charge in [-0.15, -0.1) is 22.2 Å². The fourth-order valence-corrected chi connectivity index (χ4v) is 4.43. The van der Waals surface area contributed by atoms with Crippen LogP contribution in [0.25, 0.3) is 0 Å². The van der Waals surface area contributed by atoms with E-state index >= 15 is 0 Å². The zero-order chi connectivity index (χ0) is 15.2. The molecular weight excluding hydrogens is 311 g/mol. The molecule has 0 saturated carbocycles. The summed E-state index contributed by atoms with van der Waals surface area (Å²) in [6, 6.07) is 0. The average Bonchev–Trinajstić information content (AvgIpc) is 2.40. The van der Waals surface area contributed by atoms with Gasteiger partial charge in [0.25, 0.3) is 7.42 Å². The lowest BCUT2D eigenvalue weighted by atomic mass is 10.1. The zero-order valence-electron chi connectivity index (χ0n) is 13.0. The van der Waals surface area contributed by atoms with Crippen molar-refractivity contribution in [3.8, 4) is 0 Å². The van der Waals surface area contributed by atoms with Crippen molar-refractivity contribution in [3.05, 3.63) is 0 Å². The number of hydrogen-bond acceptors (Lipinski definition) is 2. The molecule has 0 rings (SSSR count). The second-order valence-corrected chi connectivity index (χ2v) is 10.3. The highest BCUT2D eigenvalue weighted by molar-refractivity contribution is 7.35. The standard InChI is InChI=1S/C15H30Cl2O2Si/c1-3-5-6-7-8-9-10-11-12-13-14(20(16)17)15(18)19-4-2/h14,20H,3-13H2,1-2H3. The first-order chi connectivity index (χ1) is 9.63. The SMILES string of the molecule is CCCCCCCCCCCC(C(=O)OCC)[SiH](Cl)Cl. The van der Waals surface area contributed by atoms with Crippen molar-refractivity contribution < 1.29 is 9.53 Å². The predicted molar refractivity (Wildman–Crippen MR) is 91.1 cm³/mol. The summed E-state index contributed by atoms with van der Waals surface area (Å²) in [6.45, 7) is 4.46. The highest BCUT2D eigenvalue weighted by Gasteiger charge is 2.27. The smallest absolute Gasteiger partial charge is 0.308 e. The van der Waals surface area contributed by atoms with Crippen molar-refractivity contribution in [3.63, 3.8) is 0 Å². The van der Waals surface area contributed by atoms with Gasteiger partial charge < -0.3 is 4.74 Å². The molecule has 0 aromatic heterocycles. The van der Waals surface area contributed by atoms with Crippen LogP contribution in [0.15, 0.2) is 0 Å². The number of esters is 1.